The second-order valence-corrected chi connectivity index (χ2v) is 7.14. The van der Waals surface area contributed by atoms with Crippen LogP contribution in [0.15, 0.2) is 24.3 Å². The molecule has 2 aliphatic rings. The minimum atomic E-state index is -0.180. The quantitative estimate of drug-likeness (QED) is 0.808. The number of carbonyl (C=O) groups excluding carboxylic acids is 2. The van der Waals surface area contributed by atoms with Gasteiger partial charge in [-0.3, -0.25) is 14.9 Å². The molecule has 0 saturated carbocycles. The normalized spacial score (nSPS) is 25.6. The van der Waals surface area contributed by atoms with Crippen LogP contribution in [0.5, 0.6) is 0 Å². The van der Waals surface area contributed by atoms with Crippen molar-refractivity contribution in [2.24, 2.45) is 5.41 Å². The summed E-state index contributed by atoms with van der Waals surface area (Å²) >= 11 is 1.92. The van der Waals surface area contributed by atoms with Crippen molar-refractivity contribution < 1.29 is 9.59 Å². The zero-order valence-corrected chi connectivity index (χ0v) is 12.5. The summed E-state index contributed by atoms with van der Waals surface area (Å²) in [6, 6.07) is 8.15. The van der Waals surface area contributed by atoms with E-state index in [-0.39, 0.29) is 23.1 Å². The smallest absolute Gasteiger partial charge is 0.234 e. The number of carbonyl (C=O) groups is 2. The van der Waals surface area contributed by atoms with E-state index < -0.39 is 0 Å². The van der Waals surface area contributed by atoms with E-state index in [1.165, 1.54) is 0 Å². The molecule has 1 spiro atoms. The molecule has 1 unspecified atom stereocenters. The minimum absolute atomic E-state index is 0.106. The van der Waals surface area contributed by atoms with E-state index in [1.807, 2.05) is 36.9 Å². The van der Waals surface area contributed by atoms with Crippen LogP contribution >= 0.6 is 11.8 Å². The van der Waals surface area contributed by atoms with Crippen molar-refractivity contribution in [3.63, 3.8) is 0 Å². The average Bonchev–Trinajstić information content (AvgIpc) is 2.38. The van der Waals surface area contributed by atoms with Crippen molar-refractivity contribution in [3.05, 3.63) is 35.4 Å². The molecule has 4 heteroatoms. The van der Waals surface area contributed by atoms with E-state index in [4.69, 9.17) is 0 Å². The van der Waals surface area contributed by atoms with Crippen LogP contribution in [0.4, 0.5) is 0 Å². The Balaban J connectivity index is 2.03. The molecule has 1 aromatic carbocycles. The van der Waals surface area contributed by atoms with Gasteiger partial charge in [0.25, 0.3) is 0 Å². The van der Waals surface area contributed by atoms with Crippen LogP contribution < -0.4 is 5.32 Å². The zero-order valence-electron chi connectivity index (χ0n) is 11.6. The third-order valence-electron chi connectivity index (χ3n) is 4.51. The number of rotatable bonds is 1. The maximum absolute atomic E-state index is 12.5. The van der Waals surface area contributed by atoms with Gasteiger partial charge in [-0.1, -0.05) is 29.8 Å². The fourth-order valence-electron chi connectivity index (χ4n) is 3.55. The predicted molar refractivity (Wildman–Crippen MR) is 80.7 cm³/mol. The molecule has 1 atom stereocenters. The number of benzene rings is 1. The SMILES string of the molecule is Cc1cccc(C2C(=O)NC(=O)CC23CCSCC3)c1. The Labute approximate surface area is 123 Å². The van der Waals surface area contributed by atoms with Gasteiger partial charge >= 0.3 is 0 Å². The Hall–Kier alpha value is -1.29. The van der Waals surface area contributed by atoms with Crippen LogP contribution in [0.3, 0.4) is 0 Å². The van der Waals surface area contributed by atoms with Gasteiger partial charge in [-0.05, 0) is 42.2 Å². The molecule has 2 amide bonds. The van der Waals surface area contributed by atoms with Crippen molar-refractivity contribution in [2.75, 3.05) is 11.5 Å². The third kappa shape index (κ3) is 2.37. The van der Waals surface area contributed by atoms with Gasteiger partial charge in [0.1, 0.15) is 0 Å². The lowest BCUT2D eigenvalue weighted by Gasteiger charge is -2.45. The van der Waals surface area contributed by atoms with Gasteiger partial charge in [0.15, 0.2) is 0 Å². The molecule has 0 bridgehead atoms. The highest BCUT2D eigenvalue weighted by Crippen LogP contribution is 2.50. The number of nitrogens with one attached hydrogen (secondary N) is 1. The fraction of sp³-hybridized carbons (Fsp3) is 0.500. The second-order valence-electron chi connectivity index (χ2n) is 5.91. The van der Waals surface area contributed by atoms with Gasteiger partial charge in [-0.25, -0.2) is 0 Å². The summed E-state index contributed by atoms with van der Waals surface area (Å²) in [5.74, 6) is 1.69. The first kappa shape index (κ1) is 13.7. The Morgan fingerprint density at radius 3 is 2.70 bits per heavy atom. The summed E-state index contributed by atoms with van der Waals surface area (Å²) in [6.07, 6.45) is 2.39. The zero-order chi connectivity index (χ0) is 14.2. The summed E-state index contributed by atoms with van der Waals surface area (Å²) < 4.78 is 0. The maximum Gasteiger partial charge on any atom is 0.234 e. The molecule has 3 rings (SSSR count). The molecule has 1 aromatic rings. The fourth-order valence-corrected chi connectivity index (χ4v) is 4.86. The first-order valence-electron chi connectivity index (χ1n) is 7.09. The van der Waals surface area contributed by atoms with Crippen molar-refractivity contribution in [1.82, 2.24) is 5.32 Å². The van der Waals surface area contributed by atoms with Crippen molar-refractivity contribution >= 4 is 23.6 Å². The monoisotopic (exact) mass is 289 g/mol. The molecule has 3 nitrogen and oxygen atoms in total. The summed E-state index contributed by atoms with van der Waals surface area (Å²) in [4.78, 5) is 24.3. The Bertz CT molecular complexity index is 549. The number of imide groups is 1. The molecular formula is C16H19NO2S. The summed E-state index contributed by atoms with van der Waals surface area (Å²) in [5.41, 5.74) is 2.05. The molecule has 0 aliphatic carbocycles. The van der Waals surface area contributed by atoms with Gasteiger partial charge in [-0.15, -0.1) is 0 Å². The first-order valence-corrected chi connectivity index (χ1v) is 8.24. The summed E-state index contributed by atoms with van der Waals surface area (Å²) in [6.45, 7) is 2.04. The molecule has 1 N–H and O–H groups in total. The number of thioether (sulfide) groups is 1. The topological polar surface area (TPSA) is 46.2 Å². The van der Waals surface area contributed by atoms with Crippen LogP contribution in [0.25, 0.3) is 0 Å². The van der Waals surface area contributed by atoms with Crippen molar-refractivity contribution in [3.8, 4) is 0 Å². The number of aryl methyl sites for hydroxylation is 1. The molecule has 2 aliphatic heterocycles. The first-order chi connectivity index (χ1) is 9.61. The Kier molecular flexibility index (Phi) is 3.59. The molecule has 20 heavy (non-hydrogen) atoms. The van der Waals surface area contributed by atoms with Crippen LogP contribution in [0.1, 0.15) is 36.3 Å². The largest absolute Gasteiger partial charge is 0.296 e. The predicted octanol–water partition coefficient (Wildman–Crippen LogP) is 2.64. The number of amides is 2. The van der Waals surface area contributed by atoms with Crippen LogP contribution in [-0.4, -0.2) is 23.3 Å². The van der Waals surface area contributed by atoms with E-state index in [0.29, 0.717) is 6.42 Å². The number of hydrogen-bond acceptors (Lipinski definition) is 3. The van der Waals surface area contributed by atoms with E-state index in [0.717, 1.165) is 35.5 Å². The van der Waals surface area contributed by atoms with Crippen LogP contribution in [-0.2, 0) is 9.59 Å². The lowest BCUT2D eigenvalue weighted by atomic mass is 9.64. The molecule has 2 heterocycles. The van der Waals surface area contributed by atoms with Crippen molar-refractivity contribution in [2.45, 2.75) is 32.1 Å². The Morgan fingerprint density at radius 1 is 1.25 bits per heavy atom. The van der Waals surface area contributed by atoms with Crippen LogP contribution in [0.2, 0.25) is 0 Å². The molecule has 2 fully saturated rings. The van der Waals surface area contributed by atoms with Gasteiger partial charge in [0, 0.05) is 6.42 Å². The molecule has 2 saturated heterocycles. The van der Waals surface area contributed by atoms with Gasteiger partial charge in [0.2, 0.25) is 11.8 Å². The van der Waals surface area contributed by atoms with E-state index >= 15 is 0 Å². The van der Waals surface area contributed by atoms with Gasteiger partial charge in [0.05, 0.1) is 5.92 Å². The van der Waals surface area contributed by atoms with E-state index in [2.05, 4.69) is 11.4 Å². The van der Waals surface area contributed by atoms with E-state index in [9.17, 15) is 9.59 Å². The maximum atomic E-state index is 12.5. The minimum Gasteiger partial charge on any atom is -0.296 e. The molecular weight excluding hydrogens is 270 g/mol. The van der Waals surface area contributed by atoms with Crippen molar-refractivity contribution in [1.29, 1.82) is 0 Å². The van der Waals surface area contributed by atoms with Crippen LogP contribution in [0, 0.1) is 12.3 Å². The highest BCUT2D eigenvalue weighted by molar-refractivity contribution is 7.99. The molecule has 0 radical (unpaired) electrons. The highest BCUT2D eigenvalue weighted by Gasteiger charge is 2.49. The molecule has 106 valence electrons. The summed E-state index contributed by atoms with van der Waals surface area (Å²) in [7, 11) is 0. The second kappa shape index (κ2) is 5.24. The lowest BCUT2D eigenvalue weighted by molar-refractivity contribution is -0.140. The van der Waals surface area contributed by atoms with Gasteiger partial charge in [-0.2, -0.15) is 11.8 Å². The average molecular weight is 289 g/mol. The Morgan fingerprint density at radius 2 is 2.00 bits per heavy atom. The lowest BCUT2D eigenvalue weighted by Crippen LogP contribution is -2.52. The van der Waals surface area contributed by atoms with E-state index in [1.54, 1.807) is 0 Å². The molecule has 0 aromatic heterocycles. The number of piperidine rings is 1. The summed E-state index contributed by atoms with van der Waals surface area (Å²) in [5, 5.41) is 2.53. The third-order valence-corrected chi connectivity index (χ3v) is 5.50. The standard InChI is InChI=1S/C16H19NO2S/c1-11-3-2-4-12(9-11)14-15(19)17-13(18)10-16(14)5-7-20-8-6-16/h2-4,9,14H,5-8,10H2,1H3,(H,17,18,19). The van der Waals surface area contributed by atoms with Gasteiger partial charge < -0.3 is 0 Å². The number of hydrogen-bond donors (Lipinski definition) is 1. The highest BCUT2D eigenvalue weighted by atomic mass is 32.2.